The van der Waals surface area contributed by atoms with E-state index in [0.29, 0.717) is 10.7 Å². The molecule has 33 heavy (non-hydrogen) atoms. The van der Waals surface area contributed by atoms with E-state index in [1.165, 1.54) is 6.07 Å². The fraction of sp³-hybridized carbons (Fsp3) is 0.238. The number of alkyl halides is 3. The standard InChI is InChI=1S/C21H17ClF3N3O4S/c1-32-18(30)11-27-16(10-17(29)26-14-7-5-13(22)6-8-14)19(31)28(20(27)33)15-4-2-3-12(9-15)21(23,24)25/h2-9,16H,10-11H2,1H3,(H,26,29)/t16-/m1/s1. The highest BCUT2D eigenvalue weighted by molar-refractivity contribution is 7.80. The van der Waals surface area contributed by atoms with E-state index in [4.69, 9.17) is 23.8 Å². The Balaban J connectivity index is 1.88. The summed E-state index contributed by atoms with van der Waals surface area (Å²) < 4.78 is 44.1. The Morgan fingerprint density at radius 1 is 1.18 bits per heavy atom. The number of nitrogens with one attached hydrogen (secondary N) is 1. The number of halogens is 4. The van der Waals surface area contributed by atoms with Gasteiger partial charge in [0.05, 0.1) is 24.8 Å². The van der Waals surface area contributed by atoms with Crippen molar-refractivity contribution < 1.29 is 32.3 Å². The van der Waals surface area contributed by atoms with E-state index in [9.17, 15) is 27.6 Å². The third-order valence-corrected chi connectivity index (χ3v) is 5.45. The van der Waals surface area contributed by atoms with Gasteiger partial charge in [0.2, 0.25) is 5.91 Å². The molecular weight excluding hydrogens is 483 g/mol. The van der Waals surface area contributed by atoms with Crippen molar-refractivity contribution in [3.05, 3.63) is 59.1 Å². The number of carbonyl (C=O) groups excluding carboxylic acids is 3. The number of rotatable bonds is 6. The van der Waals surface area contributed by atoms with Crippen molar-refractivity contribution >= 4 is 58.1 Å². The van der Waals surface area contributed by atoms with Gasteiger partial charge in [0.1, 0.15) is 12.6 Å². The van der Waals surface area contributed by atoms with Crippen molar-refractivity contribution in [3.8, 4) is 0 Å². The lowest BCUT2D eigenvalue weighted by Gasteiger charge is -2.22. The van der Waals surface area contributed by atoms with Gasteiger partial charge in [0.25, 0.3) is 5.91 Å². The molecule has 2 aromatic rings. The Bertz CT molecular complexity index is 1090. The number of anilines is 2. The molecule has 174 valence electrons. The topological polar surface area (TPSA) is 79.0 Å². The van der Waals surface area contributed by atoms with Gasteiger partial charge >= 0.3 is 12.1 Å². The van der Waals surface area contributed by atoms with Gasteiger partial charge in [0, 0.05) is 10.7 Å². The van der Waals surface area contributed by atoms with E-state index in [-0.39, 0.29) is 10.8 Å². The van der Waals surface area contributed by atoms with Crippen molar-refractivity contribution in [2.45, 2.75) is 18.6 Å². The van der Waals surface area contributed by atoms with Gasteiger partial charge in [-0.25, -0.2) is 0 Å². The average molecular weight is 500 g/mol. The molecule has 0 saturated carbocycles. The number of hydrogen-bond acceptors (Lipinski definition) is 5. The Labute approximate surface area is 197 Å². The smallest absolute Gasteiger partial charge is 0.416 e. The predicted molar refractivity (Wildman–Crippen MR) is 119 cm³/mol. The summed E-state index contributed by atoms with van der Waals surface area (Å²) in [6.07, 6.45) is -5.04. The summed E-state index contributed by atoms with van der Waals surface area (Å²) in [5.41, 5.74) is -0.680. The monoisotopic (exact) mass is 499 g/mol. The Morgan fingerprint density at radius 3 is 2.45 bits per heavy atom. The van der Waals surface area contributed by atoms with E-state index in [2.05, 4.69) is 10.1 Å². The normalized spacial score (nSPS) is 16.2. The second-order valence-electron chi connectivity index (χ2n) is 6.98. The predicted octanol–water partition coefficient (Wildman–Crippen LogP) is 3.86. The molecule has 1 atom stereocenters. The number of nitrogens with zero attached hydrogens (tertiary/aromatic N) is 2. The van der Waals surface area contributed by atoms with Gasteiger partial charge in [0.15, 0.2) is 5.11 Å². The number of carbonyl (C=O) groups is 3. The molecule has 2 aromatic carbocycles. The van der Waals surface area contributed by atoms with Gasteiger partial charge < -0.3 is 15.0 Å². The SMILES string of the molecule is COC(=O)CN1C(=S)N(c2cccc(C(F)(F)F)c2)C(=O)[C@H]1CC(=O)Nc1ccc(Cl)cc1. The van der Waals surface area contributed by atoms with Crippen molar-refractivity contribution in [2.75, 3.05) is 23.9 Å². The number of hydrogen-bond donors (Lipinski definition) is 1. The van der Waals surface area contributed by atoms with Crippen molar-refractivity contribution in [3.63, 3.8) is 0 Å². The first-order chi connectivity index (χ1) is 15.5. The minimum absolute atomic E-state index is 0.129. The Morgan fingerprint density at radius 2 is 1.85 bits per heavy atom. The van der Waals surface area contributed by atoms with E-state index >= 15 is 0 Å². The lowest BCUT2D eigenvalue weighted by Crippen LogP contribution is -2.41. The third-order valence-electron chi connectivity index (χ3n) is 4.78. The van der Waals surface area contributed by atoms with Crippen LogP contribution >= 0.6 is 23.8 Å². The number of esters is 1. The van der Waals surface area contributed by atoms with Crippen LogP contribution in [-0.4, -0.2) is 47.5 Å². The zero-order valence-electron chi connectivity index (χ0n) is 17.1. The summed E-state index contributed by atoms with van der Waals surface area (Å²) in [7, 11) is 1.14. The van der Waals surface area contributed by atoms with E-state index < -0.39 is 48.5 Å². The summed E-state index contributed by atoms with van der Waals surface area (Å²) in [6, 6.07) is 9.07. The van der Waals surface area contributed by atoms with Gasteiger partial charge in [-0.2, -0.15) is 13.2 Å². The molecule has 3 rings (SSSR count). The molecule has 0 bridgehead atoms. The molecule has 0 aliphatic carbocycles. The number of methoxy groups -OCH3 is 1. The van der Waals surface area contributed by atoms with Gasteiger partial charge in [-0.05, 0) is 54.7 Å². The summed E-state index contributed by atoms with van der Waals surface area (Å²) in [4.78, 5) is 39.7. The van der Waals surface area contributed by atoms with Crippen molar-refractivity contribution in [1.82, 2.24) is 4.90 Å². The van der Waals surface area contributed by atoms with Crippen LogP contribution in [0.5, 0.6) is 0 Å². The number of thiocarbonyl (C=S) groups is 1. The zero-order valence-corrected chi connectivity index (χ0v) is 18.6. The van der Waals surface area contributed by atoms with Gasteiger partial charge in [-0.3, -0.25) is 19.3 Å². The van der Waals surface area contributed by atoms with Gasteiger partial charge in [-0.1, -0.05) is 17.7 Å². The van der Waals surface area contributed by atoms with Crippen LogP contribution in [0, 0.1) is 0 Å². The molecular formula is C21H17ClF3N3O4S. The van der Waals surface area contributed by atoms with Crippen LogP contribution in [0.1, 0.15) is 12.0 Å². The number of ether oxygens (including phenoxy) is 1. The van der Waals surface area contributed by atoms with Crippen LogP contribution in [0.4, 0.5) is 24.5 Å². The van der Waals surface area contributed by atoms with Crippen LogP contribution in [0.2, 0.25) is 5.02 Å². The second kappa shape index (κ2) is 9.75. The van der Waals surface area contributed by atoms with Crippen LogP contribution in [0.15, 0.2) is 48.5 Å². The lowest BCUT2D eigenvalue weighted by molar-refractivity contribution is -0.142. The third kappa shape index (κ3) is 5.60. The molecule has 12 heteroatoms. The summed E-state index contributed by atoms with van der Waals surface area (Å²) in [5.74, 6) is -2.05. The largest absolute Gasteiger partial charge is 0.468 e. The van der Waals surface area contributed by atoms with Gasteiger partial charge in [-0.15, -0.1) is 0 Å². The molecule has 7 nitrogen and oxygen atoms in total. The van der Waals surface area contributed by atoms with Crippen LogP contribution < -0.4 is 10.2 Å². The molecule has 1 aliphatic heterocycles. The molecule has 1 fully saturated rings. The zero-order chi connectivity index (χ0) is 24.3. The molecule has 1 saturated heterocycles. The van der Waals surface area contributed by atoms with E-state index in [0.717, 1.165) is 35.1 Å². The Hall–Kier alpha value is -3.18. The maximum atomic E-state index is 13.2. The first-order valence-corrected chi connectivity index (χ1v) is 10.2. The summed E-state index contributed by atoms with van der Waals surface area (Å²) >= 11 is 11.1. The molecule has 0 radical (unpaired) electrons. The van der Waals surface area contributed by atoms with Crippen LogP contribution in [0.25, 0.3) is 0 Å². The minimum Gasteiger partial charge on any atom is -0.468 e. The number of amides is 2. The summed E-state index contributed by atoms with van der Waals surface area (Å²) in [6.45, 7) is -0.463. The quantitative estimate of drug-likeness (QED) is 0.480. The Kier molecular flexibility index (Phi) is 7.23. The average Bonchev–Trinajstić information content (AvgIpc) is 2.98. The maximum absolute atomic E-state index is 13.2. The lowest BCUT2D eigenvalue weighted by atomic mass is 10.1. The van der Waals surface area contributed by atoms with Crippen molar-refractivity contribution in [1.29, 1.82) is 0 Å². The molecule has 0 spiro atoms. The molecule has 1 N–H and O–H groups in total. The van der Waals surface area contributed by atoms with E-state index in [1.807, 2.05) is 0 Å². The molecule has 0 aromatic heterocycles. The minimum atomic E-state index is -4.63. The maximum Gasteiger partial charge on any atom is 0.416 e. The first kappa shape index (κ1) is 24.5. The van der Waals surface area contributed by atoms with Crippen LogP contribution in [-0.2, 0) is 25.3 Å². The highest BCUT2D eigenvalue weighted by Crippen LogP contribution is 2.34. The highest BCUT2D eigenvalue weighted by Gasteiger charge is 2.45. The van der Waals surface area contributed by atoms with Crippen molar-refractivity contribution in [2.24, 2.45) is 0 Å². The number of benzene rings is 2. The first-order valence-electron chi connectivity index (χ1n) is 9.45. The fourth-order valence-corrected chi connectivity index (χ4v) is 3.71. The molecule has 2 amide bonds. The van der Waals surface area contributed by atoms with E-state index in [1.54, 1.807) is 24.3 Å². The summed E-state index contributed by atoms with van der Waals surface area (Å²) in [5, 5.41) is 2.85. The molecule has 0 unspecified atom stereocenters. The second-order valence-corrected chi connectivity index (χ2v) is 7.78. The fourth-order valence-electron chi connectivity index (χ4n) is 3.20. The molecule has 1 heterocycles. The van der Waals surface area contributed by atoms with Crippen LogP contribution in [0.3, 0.4) is 0 Å². The highest BCUT2D eigenvalue weighted by atomic mass is 35.5. The molecule has 1 aliphatic rings.